The Labute approximate surface area is 140 Å². The molecule has 0 saturated heterocycles. The lowest BCUT2D eigenvalue weighted by molar-refractivity contribution is 0.288. The van der Waals surface area contributed by atoms with Crippen molar-refractivity contribution in [3.8, 4) is 5.75 Å². The van der Waals surface area contributed by atoms with Crippen LogP contribution in [0, 0.1) is 6.92 Å². The Kier molecular flexibility index (Phi) is 6.52. The summed E-state index contributed by atoms with van der Waals surface area (Å²) < 4.78 is 5.89. The fourth-order valence-corrected chi connectivity index (χ4v) is 2.64. The van der Waals surface area contributed by atoms with E-state index in [1.54, 1.807) is 6.07 Å². The van der Waals surface area contributed by atoms with E-state index in [1.807, 2.05) is 37.3 Å². The first-order valence-corrected chi connectivity index (χ1v) is 7.83. The standard InChI is InChI=1S/C17H19Cl2NO2/c1-12-2-4-13(5-3-12)11-22-17-14(10-20-6-7-21)8-15(18)9-16(17)19/h2-5,8-9,20-21H,6-7,10-11H2,1H3. The van der Waals surface area contributed by atoms with Crippen LogP contribution in [0.2, 0.25) is 10.0 Å². The van der Waals surface area contributed by atoms with Gasteiger partial charge in [-0.3, -0.25) is 0 Å². The van der Waals surface area contributed by atoms with Gasteiger partial charge in [0, 0.05) is 23.7 Å². The van der Waals surface area contributed by atoms with Crippen LogP contribution in [-0.2, 0) is 13.2 Å². The number of aliphatic hydroxyl groups is 1. The molecule has 0 unspecified atom stereocenters. The molecule has 0 atom stereocenters. The smallest absolute Gasteiger partial charge is 0.142 e. The zero-order valence-electron chi connectivity index (χ0n) is 12.4. The monoisotopic (exact) mass is 339 g/mol. The van der Waals surface area contributed by atoms with E-state index in [9.17, 15) is 0 Å². The molecular formula is C17H19Cl2NO2. The maximum atomic E-state index is 8.85. The molecule has 0 bridgehead atoms. The Hall–Kier alpha value is -1.26. The third kappa shape index (κ3) is 4.89. The lowest BCUT2D eigenvalue weighted by Crippen LogP contribution is -2.18. The number of aliphatic hydroxyl groups excluding tert-OH is 1. The molecule has 0 aliphatic rings. The predicted molar refractivity (Wildman–Crippen MR) is 90.8 cm³/mol. The average molecular weight is 340 g/mol. The first-order valence-electron chi connectivity index (χ1n) is 7.08. The second-order valence-electron chi connectivity index (χ2n) is 5.05. The summed E-state index contributed by atoms with van der Waals surface area (Å²) >= 11 is 12.3. The summed E-state index contributed by atoms with van der Waals surface area (Å²) in [5, 5.41) is 13.0. The molecular weight excluding hydrogens is 321 g/mol. The molecule has 0 spiro atoms. The van der Waals surface area contributed by atoms with E-state index >= 15 is 0 Å². The highest BCUT2D eigenvalue weighted by Gasteiger charge is 2.11. The molecule has 5 heteroatoms. The third-order valence-corrected chi connectivity index (χ3v) is 3.69. The summed E-state index contributed by atoms with van der Waals surface area (Å²) in [5.74, 6) is 0.622. The van der Waals surface area contributed by atoms with Crippen molar-refractivity contribution in [3.05, 3.63) is 63.1 Å². The van der Waals surface area contributed by atoms with Gasteiger partial charge in [0.05, 0.1) is 11.6 Å². The largest absolute Gasteiger partial charge is 0.487 e. The van der Waals surface area contributed by atoms with Gasteiger partial charge in [0.25, 0.3) is 0 Å². The fraction of sp³-hybridized carbons (Fsp3) is 0.294. The van der Waals surface area contributed by atoms with Gasteiger partial charge in [-0.05, 0) is 24.6 Å². The van der Waals surface area contributed by atoms with Crippen LogP contribution in [0.5, 0.6) is 5.75 Å². The molecule has 0 amide bonds. The van der Waals surface area contributed by atoms with Gasteiger partial charge in [-0.1, -0.05) is 53.0 Å². The van der Waals surface area contributed by atoms with Crippen LogP contribution < -0.4 is 10.1 Å². The van der Waals surface area contributed by atoms with E-state index in [-0.39, 0.29) is 6.61 Å². The summed E-state index contributed by atoms with van der Waals surface area (Å²) in [5.41, 5.74) is 3.16. The molecule has 0 aliphatic heterocycles. The SMILES string of the molecule is Cc1ccc(COc2c(Cl)cc(Cl)cc2CNCCO)cc1. The number of hydrogen-bond donors (Lipinski definition) is 2. The fourth-order valence-electron chi connectivity index (χ4n) is 2.05. The van der Waals surface area contributed by atoms with Crippen LogP contribution in [0.15, 0.2) is 36.4 Å². The minimum atomic E-state index is 0.0772. The zero-order chi connectivity index (χ0) is 15.9. The van der Waals surface area contributed by atoms with E-state index in [4.69, 9.17) is 33.0 Å². The molecule has 118 valence electrons. The number of aryl methyl sites for hydroxylation is 1. The number of hydrogen-bond acceptors (Lipinski definition) is 3. The van der Waals surface area contributed by atoms with E-state index in [2.05, 4.69) is 5.32 Å². The summed E-state index contributed by atoms with van der Waals surface area (Å²) in [6.45, 7) is 3.60. The molecule has 0 fully saturated rings. The second kappa shape index (κ2) is 8.39. The Bertz CT molecular complexity index is 615. The van der Waals surface area contributed by atoms with E-state index in [0.717, 1.165) is 11.1 Å². The first kappa shape index (κ1) is 17.1. The molecule has 2 N–H and O–H groups in total. The van der Waals surface area contributed by atoms with Crippen LogP contribution >= 0.6 is 23.2 Å². The number of halogens is 2. The normalized spacial score (nSPS) is 10.7. The Morgan fingerprint density at radius 1 is 1.14 bits per heavy atom. The van der Waals surface area contributed by atoms with Gasteiger partial charge >= 0.3 is 0 Å². The quantitative estimate of drug-likeness (QED) is 0.750. The summed E-state index contributed by atoms with van der Waals surface area (Å²) in [4.78, 5) is 0. The molecule has 2 rings (SSSR count). The molecule has 0 aliphatic carbocycles. The highest BCUT2D eigenvalue weighted by Crippen LogP contribution is 2.33. The molecule has 2 aromatic carbocycles. The Morgan fingerprint density at radius 2 is 1.86 bits per heavy atom. The lowest BCUT2D eigenvalue weighted by atomic mass is 10.1. The van der Waals surface area contributed by atoms with Crippen LogP contribution in [0.25, 0.3) is 0 Å². The van der Waals surface area contributed by atoms with Crippen molar-refractivity contribution in [1.82, 2.24) is 5.32 Å². The Morgan fingerprint density at radius 3 is 2.55 bits per heavy atom. The molecule has 22 heavy (non-hydrogen) atoms. The number of nitrogens with one attached hydrogen (secondary N) is 1. The molecule has 0 saturated carbocycles. The van der Waals surface area contributed by atoms with Crippen molar-refractivity contribution in [3.63, 3.8) is 0 Å². The third-order valence-electron chi connectivity index (χ3n) is 3.19. The van der Waals surface area contributed by atoms with Crippen LogP contribution in [0.1, 0.15) is 16.7 Å². The molecule has 0 radical (unpaired) electrons. The van der Waals surface area contributed by atoms with Crippen molar-refractivity contribution < 1.29 is 9.84 Å². The van der Waals surface area contributed by atoms with Crippen LogP contribution in [0.3, 0.4) is 0 Å². The van der Waals surface area contributed by atoms with Crippen molar-refractivity contribution in [1.29, 1.82) is 0 Å². The van der Waals surface area contributed by atoms with Crippen LogP contribution in [0.4, 0.5) is 0 Å². The highest BCUT2D eigenvalue weighted by atomic mass is 35.5. The second-order valence-corrected chi connectivity index (χ2v) is 5.89. The number of rotatable bonds is 7. The van der Waals surface area contributed by atoms with E-state index < -0.39 is 0 Å². The lowest BCUT2D eigenvalue weighted by Gasteiger charge is -2.14. The number of ether oxygens (including phenoxy) is 1. The zero-order valence-corrected chi connectivity index (χ0v) is 13.9. The molecule has 0 heterocycles. The molecule has 2 aromatic rings. The minimum absolute atomic E-state index is 0.0772. The highest BCUT2D eigenvalue weighted by molar-refractivity contribution is 6.35. The average Bonchev–Trinajstić information content (AvgIpc) is 2.48. The van der Waals surface area contributed by atoms with Crippen molar-refractivity contribution in [2.75, 3.05) is 13.2 Å². The number of benzene rings is 2. The van der Waals surface area contributed by atoms with Gasteiger partial charge in [0.2, 0.25) is 0 Å². The molecule has 0 aromatic heterocycles. The van der Waals surface area contributed by atoms with Crippen molar-refractivity contribution in [2.24, 2.45) is 0 Å². The van der Waals surface area contributed by atoms with E-state index in [1.165, 1.54) is 5.56 Å². The summed E-state index contributed by atoms with van der Waals surface area (Å²) in [6.07, 6.45) is 0. The van der Waals surface area contributed by atoms with Gasteiger partial charge < -0.3 is 15.2 Å². The van der Waals surface area contributed by atoms with Gasteiger partial charge in [0.1, 0.15) is 12.4 Å². The Balaban J connectivity index is 2.12. The topological polar surface area (TPSA) is 41.5 Å². The van der Waals surface area contributed by atoms with Gasteiger partial charge in [-0.2, -0.15) is 0 Å². The van der Waals surface area contributed by atoms with Crippen LogP contribution in [-0.4, -0.2) is 18.3 Å². The molecule has 3 nitrogen and oxygen atoms in total. The van der Waals surface area contributed by atoms with Crippen molar-refractivity contribution >= 4 is 23.2 Å². The van der Waals surface area contributed by atoms with Crippen molar-refractivity contribution in [2.45, 2.75) is 20.1 Å². The minimum Gasteiger partial charge on any atom is -0.487 e. The van der Waals surface area contributed by atoms with Gasteiger partial charge in [0.15, 0.2) is 0 Å². The summed E-state index contributed by atoms with van der Waals surface area (Å²) in [7, 11) is 0. The van der Waals surface area contributed by atoms with E-state index in [0.29, 0.717) is 35.5 Å². The maximum absolute atomic E-state index is 8.85. The predicted octanol–water partition coefficient (Wildman–Crippen LogP) is 3.96. The first-order chi connectivity index (χ1) is 10.6. The van der Waals surface area contributed by atoms with Gasteiger partial charge in [-0.25, -0.2) is 0 Å². The van der Waals surface area contributed by atoms with Gasteiger partial charge in [-0.15, -0.1) is 0 Å². The summed E-state index contributed by atoms with van der Waals surface area (Å²) in [6, 6.07) is 11.6. The maximum Gasteiger partial charge on any atom is 0.142 e.